The molecule has 0 unspecified atom stereocenters. The van der Waals surface area contributed by atoms with Crippen molar-refractivity contribution in [2.75, 3.05) is 0 Å². The maximum Gasteiger partial charge on any atom is 0.328 e. The molecule has 0 atom stereocenters. The fourth-order valence-electron chi connectivity index (χ4n) is 1.36. The Hall–Kier alpha value is -2.31. The molecular formula is C9H6FN3O3. The van der Waals surface area contributed by atoms with Crippen LogP contribution in [0.15, 0.2) is 24.5 Å². The molecule has 0 aliphatic carbocycles. The average molecular weight is 223 g/mol. The molecule has 82 valence electrons. The van der Waals surface area contributed by atoms with Crippen LogP contribution in [-0.4, -0.2) is 22.8 Å². The lowest BCUT2D eigenvalue weighted by Gasteiger charge is -2.26. The van der Waals surface area contributed by atoms with Crippen LogP contribution in [0.1, 0.15) is 5.56 Å². The first-order valence-electron chi connectivity index (χ1n) is 4.31. The average Bonchev–Trinajstić information content (AvgIpc) is 2.27. The quantitative estimate of drug-likeness (QED) is 0.635. The number of urea groups is 1. The van der Waals surface area contributed by atoms with E-state index in [-0.39, 0.29) is 5.56 Å². The minimum Gasteiger partial charge on any atom is -0.274 e. The van der Waals surface area contributed by atoms with Gasteiger partial charge < -0.3 is 0 Å². The van der Waals surface area contributed by atoms with Gasteiger partial charge in [0.05, 0.1) is 0 Å². The van der Waals surface area contributed by atoms with Crippen LogP contribution in [0, 0.1) is 0 Å². The topological polar surface area (TPSA) is 88.2 Å². The van der Waals surface area contributed by atoms with E-state index in [0.29, 0.717) is 0 Å². The molecule has 1 aromatic heterocycles. The summed E-state index contributed by atoms with van der Waals surface area (Å²) in [4.78, 5) is 37.1. The minimum absolute atomic E-state index is 0.176. The first kappa shape index (κ1) is 10.2. The zero-order valence-electron chi connectivity index (χ0n) is 7.86. The molecule has 1 fully saturated rings. The van der Waals surface area contributed by atoms with Gasteiger partial charge in [-0.15, -0.1) is 0 Å². The van der Waals surface area contributed by atoms with Crippen molar-refractivity contribution in [3.63, 3.8) is 0 Å². The number of barbiturate groups is 1. The molecule has 16 heavy (non-hydrogen) atoms. The van der Waals surface area contributed by atoms with Crippen LogP contribution in [0.25, 0.3) is 0 Å². The number of rotatable bonds is 1. The predicted molar refractivity (Wildman–Crippen MR) is 48.7 cm³/mol. The van der Waals surface area contributed by atoms with Crippen LogP contribution in [0.2, 0.25) is 0 Å². The number of pyridine rings is 1. The summed E-state index contributed by atoms with van der Waals surface area (Å²) in [6.45, 7) is 0. The molecule has 1 aliphatic rings. The third-order valence-electron chi connectivity index (χ3n) is 2.16. The Morgan fingerprint density at radius 2 is 1.56 bits per heavy atom. The van der Waals surface area contributed by atoms with Crippen molar-refractivity contribution in [3.8, 4) is 0 Å². The van der Waals surface area contributed by atoms with Gasteiger partial charge in [0.1, 0.15) is 0 Å². The number of nitrogens with zero attached hydrogens (tertiary/aromatic N) is 1. The summed E-state index contributed by atoms with van der Waals surface area (Å²) in [7, 11) is 0. The van der Waals surface area contributed by atoms with Gasteiger partial charge in [-0.2, -0.15) is 0 Å². The number of hydrogen-bond donors (Lipinski definition) is 2. The normalized spacial score (nSPS) is 18.9. The molecule has 1 aromatic rings. The second-order valence-corrected chi connectivity index (χ2v) is 3.13. The SMILES string of the molecule is O=C1NC(=O)C(F)(c2ccncc2)C(=O)N1. The number of imide groups is 2. The Balaban J connectivity index is 2.48. The van der Waals surface area contributed by atoms with Crippen molar-refractivity contribution in [2.24, 2.45) is 0 Å². The van der Waals surface area contributed by atoms with Crippen LogP contribution >= 0.6 is 0 Å². The smallest absolute Gasteiger partial charge is 0.274 e. The number of carbonyl (C=O) groups excluding carboxylic acids is 3. The van der Waals surface area contributed by atoms with Gasteiger partial charge in [-0.1, -0.05) is 0 Å². The first-order valence-corrected chi connectivity index (χ1v) is 4.31. The standard InChI is InChI=1S/C9H6FN3O3/c10-9(5-1-3-11-4-2-5)6(14)12-8(16)13-7(9)15/h1-4H,(H2,12,13,14,15,16). The Morgan fingerprint density at radius 1 is 1.06 bits per heavy atom. The van der Waals surface area contributed by atoms with Gasteiger partial charge in [0.15, 0.2) is 0 Å². The molecule has 0 spiro atoms. The first-order chi connectivity index (χ1) is 7.55. The summed E-state index contributed by atoms with van der Waals surface area (Å²) < 4.78 is 14.3. The van der Waals surface area contributed by atoms with Gasteiger partial charge in [0.25, 0.3) is 17.5 Å². The number of nitrogens with one attached hydrogen (secondary N) is 2. The number of aromatic nitrogens is 1. The second-order valence-electron chi connectivity index (χ2n) is 3.13. The lowest BCUT2D eigenvalue weighted by Crippen LogP contribution is -2.62. The van der Waals surface area contributed by atoms with Crippen LogP contribution in [0.4, 0.5) is 9.18 Å². The van der Waals surface area contributed by atoms with E-state index in [1.54, 1.807) is 10.6 Å². The van der Waals surface area contributed by atoms with Crippen molar-refractivity contribution in [1.29, 1.82) is 0 Å². The molecule has 4 amide bonds. The highest BCUT2D eigenvalue weighted by Gasteiger charge is 2.52. The van der Waals surface area contributed by atoms with Crippen LogP contribution in [0.5, 0.6) is 0 Å². The summed E-state index contributed by atoms with van der Waals surface area (Å²) in [6.07, 6.45) is 2.49. The van der Waals surface area contributed by atoms with Crippen molar-refractivity contribution in [3.05, 3.63) is 30.1 Å². The van der Waals surface area contributed by atoms with Gasteiger partial charge >= 0.3 is 6.03 Å². The van der Waals surface area contributed by atoms with Crippen molar-refractivity contribution in [2.45, 2.75) is 5.67 Å². The highest BCUT2D eigenvalue weighted by Crippen LogP contribution is 2.27. The molecule has 0 bridgehead atoms. The van der Waals surface area contributed by atoms with E-state index >= 15 is 0 Å². The molecule has 2 rings (SSSR count). The number of carbonyl (C=O) groups is 3. The highest BCUT2D eigenvalue weighted by atomic mass is 19.1. The largest absolute Gasteiger partial charge is 0.328 e. The van der Waals surface area contributed by atoms with Crippen LogP contribution < -0.4 is 10.6 Å². The fourth-order valence-corrected chi connectivity index (χ4v) is 1.36. The lowest BCUT2D eigenvalue weighted by atomic mass is 9.93. The Kier molecular flexibility index (Phi) is 2.15. The molecule has 6 nitrogen and oxygen atoms in total. The maximum atomic E-state index is 14.3. The number of hydrogen-bond acceptors (Lipinski definition) is 4. The third kappa shape index (κ3) is 1.33. The molecule has 7 heteroatoms. The van der Waals surface area contributed by atoms with Gasteiger partial charge in [0.2, 0.25) is 0 Å². The van der Waals surface area contributed by atoms with Crippen molar-refractivity contribution >= 4 is 17.8 Å². The van der Waals surface area contributed by atoms with E-state index in [2.05, 4.69) is 4.98 Å². The lowest BCUT2D eigenvalue weighted by molar-refractivity contribution is -0.147. The van der Waals surface area contributed by atoms with Crippen molar-refractivity contribution in [1.82, 2.24) is 15.6 Å². The Bertz CT molecular complexity index is 454. The number of alkyl halides is 1. The predicted octanol–water partition coefficient (Wildman–Crippen LogP) is -0.388. The van der Waals surface area contributed by atoms with Crippen LogP contribution in [0.3, 0.4) is 0 Å². The molecule has 1 saturated heterocycles. The molecule has 2 heterocycles. The summed E-state index contributed by atoms with van der Waals surface area (Å²) in [5, 5.41) is 3.39. The number of amides is 4. The highest BCUT2D eigenvalue weighted by molar-refractivity contribution is 6.21. The van der Waals surface area contributed by atoms with E-state index in [0.717, 1.165) is 0 Å². The van der Waals surface area contributed by atoms with Gasteiger partial charge in [-0.05, 0) is 12.1 Å². The van der Waals surface area contributed by atoms with Crippen molar-refractivity contribution < 1.29 is 18.8 Å². The molecule has 0 radical (unpaired) electrons. The van der Waals surface area contributed by atoms with Crippen LogP contribution in [-0.2, 0) is 15.3 Å². The summed E-state index contributed by atoms with van der Waals surface area (Å²) in [6, 6.07) is 1.35. The summed E-state index contributed by atoms with van der Waals surface area (Å²) >= 11 is 0. The molecule has 0 aromatic carbocycles. The number of halogens is 1. The van der Waals surface area contributed by atoms with Gasteiger partial charge in [-0.3, -0.25) is 25.2 Å². The van der Waals surface area contributed by atoms with Gasteiger partial charge in [0, 0.05) is 18.0 Å². The molecule has 2 N–H and O–H groups in total. The van der Waals surface area contributed by atoms with E-state index < -0.39 is 23.5 Å². The fraction of sp³-hybridized carbons (Fsp3) is 0.111. The third-order valence-corrected chi connectivity index (χ3v) is 2.16. The monoisotopic (exact) mass is 223 g/mol. The molecule has 1 aliphatic heterocycles. The molecule has 0 saturated carbocycles. The summed E-state index contributed by atoms with van der Waals surface area (Å²) in [5.41, 5.74) is -3.07. The maximum absolute atomic E-state index is 14.3. The molecular weight excluding hydrogens is 217 g/mol. The zero-order valence-corrected chi connectivity index (χ0v) is 7.86. The Labute approximate surface area is 88.9 Å². The minimum atomic E-state index is -2.89. The summed E-state index contributed by atoms with van der Waals surface area (Å²) in [5.74, 6) is -2.60. The van der Waals surface area contributed by atoms with E-state index in [9.17, 15) is 18.8 Å². The van der Waals surface area contributed by atoms with E-state index in [1.807, 2.05) is 0 Å². The zero-order chi connectivity index (χ0) is 11.8. The van der Waals surface area contributed by atoms with Gasteiger partial charge in [-0.25, -0.2) is 9.18 Å². The Morgan fingerprint density at radius 3 is 2.06 bits per heavy atom. The van der Waals surface area contributed by atoms with E-state index in [1.165, 1.54) is 24.5 Å². The second kappa shape index (κ2) is 3.37. The van der Waals surface area contributed by atoms with E-state index in [4.69, 9.17) is 0 Å².